The Hall–Kier alpha value is -1.24. The summed E-state index contributed by atoms with van der Waals surface area (Å²) in [7, 11) is 0. The van der Waals surface area contributed by atoms with Gasteiger partial charge in [0, 0.05) is 12.8 Å². The average Bonchev–Trinajstić information content (AvgIpc) is 2.97. The molecule has 0 unspecified atom stereocenters. The highest BCUT2D eigenvalue weighted by Gasteiger charge is 2.16. The van der Waals surface area contributed by atoms with Gasteiger partial charge in [0.2, 0.25) is 0 Å². The minimum absolute atomic E-state index is 1.06. The van der Waals surface area contributed by atoms with Gasteiger partial charge in [-0.1, -0.05) is 192 Å². The maximum Gasteiger partial charge on any atom is 0.130 e. The van der Waals surface area contributed by atoms with Gasteiger partial charge in [0.05, 0.1) is 0 Å². The second-order valence-electron chi connectivity index (χ2n) is 13.0. The Morgan fingerprint density at radius 1 is 0.475 bits per heavy atom. The monoisotopic (exact) mass is 553 g/mol. The molecule has 1 aliphatic heterocycles. The van der Waals surface area contributed by atoms with E-state index in [-0.39, 0.29) is 0 Å². The maximum absolute atomic E-state index is 6.18. The Labute approximate surface area is 251 Å². The average molecular weight is 553 g/mol. The third kappa shape index (κ3) is 18.2. The number of para-hydroxylation sites is 1. The molecule has 1 nitrogen and oxygen atoms in total. The fourth-order valence-electron chi connectivity index (χ4n) is 6.40. The van der Waals surface area contributed by atoms with Gasteiger partial charge in [0.15, 0.2) is 0 Å². The fourth-order valence-corrected chi connectivity index (χ4v) is 6.40. The predicted molar refractivity (Wildman–Crippen MR) is 178 cm³/mol. The van der Waals surface area contributed by atoms with Crippen molar-refractivity contribution < 1.29 is 4.74 Å². The van der Waals surface area contributed by atoms with Gasteiger partial charge >= 0.3 is 0 Å². The quantitative estimate of drug-likeness (QED) is 0.0939. The summed E-state index contributed by atoms with van der Waals surface area (Å²) in [5.74, 6) is 2.31. The van der Waals surface area contributed by atoms with Crippen molar-refractivity contribution >= 4 is 0 Å². The van der Waals surface area contributed by atoms with Crippen molar-refractivity contribution in [2.75, 3.05) is 0 Å². The van der Waals surface area contributed by atoms with Crippen LogP contribution in [-0.2, 0) is 6.42 Å². The van der Waals surface area contributed by atoms with E-state index in [1.807, 2.05) is 0 Å². The third-order valence-corrected chi connectivity index (χ3v) is 9.14. The van der Waals surface area contributed by atoms with Gasteiger partial charge < -0.3 is 4.74 Å². The van der Waals surface area contributed by atoms with Crippen LogP contribution in [0.15, 0.2) is 35.6 Å². The lowest BCUT2D eigenvalue weighted by Gasteiger charge is -2.21. The fraction of sp³-hybridized carbons (Fsp3) is 0.795. The van der Waals surface area contributed by atoms with Gasteiger partial charge in [-0.05, 0) is 30.5 Å². The largest absolute Gasteiger partial charge is 0.461 e. The molecule has 0 spiro atoms. The second kappa shape index (κ2) is 25.5. The summed E-state index contributed by atoms with van der Waals surface area (Å²) < 4.78 is 6.18. The Bertz CT molecular complexity index is 732. The smallest absolute Gasteiger partial charge is 0.130 e. The maximum atomic E-state index is 6.18. The normalized spacial score (nSPS) is 13.1. The van der Waals surface area contributed by atoms with Crippen molar-refractivity contribution in [1.29, 1.82) is 0 Å². The van der Waals surface area contributed by atoms with Crippen molar-refractivity contribution in [2.24, 2.45) is 0 Å². The third-order valence-electron chi connectivity index (χ3n) is 9.14. The van der Waals surface area contributed by atoms with Crippen LogP contribution in [0.2, 0.25) is 0 Å². The van der Waals surface area contributed by atoms with E-state index >= 15 is 0 Å². The summed E-state index contributed by atoms with van der Waals surface area (Å²) in [5, 5.41) is 0. The predicted octanol–water partition coefficient (Wildman–Crippen LogP) is 13.8. The highest BCUT2D eigenvalue weighted by molar-refractivity contribution is 5.41. The molecule has 2 rings (SSSR count). The molecule has 230 valence electrons. The van der Waals surface area contributed by atoms with Crippen LogP contribution in [0.3, 0.4) is 0 Å². The zero-order valence-electron chi connectivity index (χ0n) is 27.2. The number of unbranched alkanes of at least 4 members (excludes halogenated alkanes) is 26. The summed E-state index contributed by atoms with van der Waals surface area (Å²) in [6, 6.07) is 8.50. The van der Waals surface area contributed by atoms with Gasteiger partial charge in [-0.25, -0.2) is 0 Å². The van der Waals surface area contributed by atoms with Gasteiger partial charge in [0.25, 0.3) is 0 Å². The molecule has 0 aliphatic carbocycles. The first-order valence-electron chi connectivity index (χ1n) is 18.3. The molecular weight excluding hydrogens is 484 g/mol. The highest BCUT2D eigenvalue weighted by Crippen LogP contribution is 2.31. The summed E-state index contributed by atoms with van der Waals surface area (Å²) in [4.78, 5) is 0. The zero-order chi connectivity index (χ0) is 28.4. The number of hydrogen-bond donors (Lipinski definition) is 0. The zero-order valence-corrected chi connectivity index (χ0v) is 27.2. The first kappa shape index (κ1) is 35.0. The molecule has 1 heteroatoms. The molecule has 0 amide bonds. The lowest BCUT2D eigenvalue weighted by molar-refractivity contribution is 0.373. The van der Waals surface area contributed by atoms with Crippen molar-refractivity contribution in [2.45, 2.75) is 200 Å². The summed E-state index contributed by atoms with van der Waals surface area (Å²) in [6.07, 6.45) is 41.4. The molecule has 1 aromatic carbocycles. The molecule has 0 aromatic heterocycles. The van der Waals surface area contributed by atoms with Crippen molar-refractivity contribution in [3.8, 4) is 5.75 Å². The number of ether oxygens (including phenoxy) is 1. The van der Waals surface area contributed by atoms with Crippen LogP contribution in [0.4, 0.5) is 0 Å². The molecule has 0 saturated carbocycles. The molecule has 0 N–H and O–H groups in total. The van der Waals surface area contributed by atoms with E-state index < -0.39 is 0 Å². The molecule has 0 atom stereocenters. The Morgan fingerprint density at radius 3 is 1.23 bits per heavy atom. The van der Waals surface area contributed by atoms with Crippen LogP contribution in [0, 0.1) is 0 Å². The van der Waals surface area contributed by atoms with Gasteiger partial charge in [0.1, 0.15) is 11.5 Å². The number of rotatable bonds is 28. The number of hydrogen-bond acceptors (Lipinski definition) is 1. The van der Waals surface area contributed by atoms with Crippen LogP contribution in [0.1, 0.15) is 199 Å². The molecule has 40 heavy (non-hydrogen) atoms. The molecule has 0 bridgehead atoms. The van der Waals surface area contributed by atoms with Crippen LogP contribution in [0.25, 0.3) is 0 Å². The number of allylic oxidation sites excluding steroid dienone is 2. The summed E-state index contributed by atoms with van der Waals surface area (Å²) >= 11 is 0. The van der Waals surface area contributed by atoms with Crippen LogP contribution >= 0.6 is 0 Å². The van der Waals surface area contributed by atoms with Crippen LogP contribution in [0.5, 0.6) is 5.75 Å². The molecule has 1 aromatic rings. The lowest BCUT2D eigenvalue weighted by atomic mass is 9.99. The Kier molecular flexibility index (Phi) is 22.3. The van der Waals surface area contributed by atoms with E-state index in [9.17, 15) is 0 Å². The molecular formula is C39H68O. The van der Waals surface area contributed by atoms with Crippen molar-refractivity contribution in [3.05, 3.63) is 41.2 Å². The minimum Gasteiger partial charge on any atom is -0.461 e. The van der Waals surface area contributed by atoms with Crippen molar-refractivity contribution in [3.63, 3.8) is 0 Å². The lowest BCUT2D eigenvalue weighted by Crippen LogP contribution is -2.08. The second-order valence-corrected chi connectivity index (χ2v) is 13.0. The van der Waals surface area contributed by atoms with E-state index in [1.165, 1.54) is 190 Å². The summed E-state index contributed by atoms with van der Waals surface area (Å²) in [5.41, 5.74) is 2.76. The SMILES string of the molecule is CCCCCCCCCCCCCCCCCCCCCCCCCCCCCC1=C(C)Cc2ccccc2O1. The molecule has 1 aliphatic rings. The Morgan fingerprint density at radius 2 is 0.825 bits per heavy atom. The van der Waals surface area contributed by atoms with Crippen LogP contribution < -0.4 is 4.74 Å². The van der Waals surface area contributed by atoms with E-state index in [2.05, 4.69) is 38.1 Å². The molecule has 0 fully saturated rings. The summed E-state index contributed by atoms with van der Waals surface area (Å²) in [6.45, 7) is 4.55. The first-order valence-corrected chi connectivity index (χ1v) is 18.3. The van der Waals surface area contributed by atoms with Crippen LogP contribution in [-0.4, -0.2) is 0 Å². The molecule has 0 radical (unpaired) electrons. The van der Waals surface area contributed by atoms with E-state index in [1.54, 1.807) is 0 Å². The molecule has 1 heterocycles. The van der Waals surface area contributed by atoms with Gasteiger partial charge in [-0.2, -0.15) is 0 Å². The van der Waals surface area contributed by atoms with Gasteiger partial charge in [-0.15, -0.1) is 0 Å². The standard InChI is InChI=1S/C39H68O/c1-3-4-5-6-7-8-9-10-11-12-13-14-15-16-17-18-19-20-21-22-23-24-25-26-27-28-29-33-38-36(2)35-37-32-30-31-34-39(37)40-38/h30-32,34H,3-29,33,35H2,1-2H3. The van der Waals surface area contributed by atoms with Crippen molar-refractivity contribution in [1.82, 2.24) is 0 Å². The first-order chi connectivity index (χ1) is 19.8. The highest BCUT2D eigenvalue weighted by atomic mass is 16.5. The number of benzene rings is 1. The molecule has 0 saturated heterocycles. The Balaban J connectivity index is 1.22. The topological polar surface area (TPSA) is 9.23 Å². The minimum atomic E-state index is 1.06. The van der Waals surface area contributed by atoms with E-state index in [4.69, 9.17) is 4.74 Å². The van der Waals surface area contributed by atoms with E-state index in [0.29, 0.717) is 0 Å². The van der Waals surface area contributed by atoms with E-state index in [0.717, 1.165) is 18.6 Å². The van der Waals surface area contributed by atoms with Gasteiger partial charge in [-0.3, -0.25) is 0 Å². The number of fused-ring (bicyclic) bond motifs is 1.